The monoisotopic (exact) mass is 204 g/mol. The van der Waals surface area contributed by atoms with Crippen molar-refractivity contribution in [3.8, 4) is 0 Å². The fourth-order valence-electron chi connectivity index (χ4n) is 1.26. The van der Waals surface area contributed by atoms with Crippen LogP contribution in [0.15, 0.2) is 41.6 Å². The molecular formula is C10H8N2O3. The molecule has 0 saturated heterocycles. The molecule has 1 heterocycles. The Morgan fingerprint density at radius 1 is 1.53 bits per heavy atom. The topological polar surface area (TPSA) is 64.7 Å². The maximum Gasteiger partial charge on any atom is 0.270 e. The van der Waals surface area contributed by atoms with Crippen LogP contribution in [0.5, 0.6) is 0 Å². The summed E-state index contributed by atoms with van der Waals surface area (Å²) in [5.74, 6) is 0.945. The summed E-state index contributed by atoms with van der Waals surface area (Å²) in [6.45, 7) is 4.03. The first-order valence-corrected chi connectivity index (χ1v) is 4.32. The second-order valence-electron chi connectivity index (χ2n) is 3.07. The molecule has 0 aromatic heterocycles. The summed E-state index contributed by atoms with van der Waals surface area (Å²) in [6, 6.07) is 6.16. The summed E-state index contributed by atoms with van der Waals surface area (Å²) in [6.07, 6.45) is 0. The highest BCUT2D eigenvalue weighted by Gasteiger charge is 2.16. The fraction of sp³-hybridized carbons (Fsp3) is 0.100. The van der Waals surface area contributed by atoms with E-state index < -0.39 is 4.92 Å². The minimum atomic E-state index is -0.451. The normalized spacial score (nSPS) is 14.7. The van der Waals surface area contributed by atoms with E-state index in [4.69, 9.17) is 4.74 Å². The number of benzene rings is 1. The summed E-state index contributed by atoms with van der Waals surface area (Å²) >= 11 is 0. The molecule has 1 aliphatic rings. The summed E-state index contributed by atoms with van der Waals surface area (Å²) in [5.41, 5.74) is 0.624. The van der Waals surface area contributed by atoms with Gasteiger partial charge in [-0.3, -0.25) is 10.1 Å². The predicted molar refractivity (Wildman–Crippen MR) is 54.7 cm³/mol. The number of rotatable bonds is 2. The molecule has 0 saturated carbocycles. The lowest BCUT2D eigenvalue weighted by atomic mass is 10.2. The third kappa shape index (κ3) is 1.85. The highest BCUT2D eigenvalue weighted by Crippen LogP contribution is 2.18. The SMILES string of the molecule is C=C1CN=C(c2cccc([N+](=O)[O-])c2)O1. The number of aliphatic imine (C=N–C) groups is 1. The Kier molecular flexibility index (Phi) is 2.21. The van der Waals surface area contributed by atoms with Gasteiger partial charge in [0.2, 0.25) is 5.90 Å². The highest BCUT2D eigenvalue weighted by atomic mass is 16.6. The number of hydrogen-bond acceptors (Lipinski definition) is 4. The van der Waals surface area contributed by atoms with Gasteiger partial charge >= 0.3 is 0 Å². The van der Waals surface area contributed by atoms with Gasteiger partial charge < -0.3 is 4.74 Å². The predicted octanol–water partition coefficient (Wildman–Crippen LogP) is 1.89. The molecule has 1 aliphatic heterocycles. The Labute approximate surface area is 85.9 Å². The highest BCUT2D eigenvalue weighted by molar-refractivity contribution is 5.96. The maximum atomic E-state index is 10.5. The number of nitro groups is 1. The zero-order chi connectivity index (χ0) is 10.8. The van der Waals surface area contributed by atoms with Crippen molar-refractivity contribution in [2.24, 2.45) is 4.99 Å². The lowest BCUT2D eigenvalue weighted by Crippen LogP contribution is -2.00. The summed E-state index contributed by atoms with van der Waals surface area (Å²) in [7, 11) is 0. The fourth-order valence-corrected chi connectivity index (χ4v) is 1.26. The van der Waals surface area contributed by atoms with E-state index in [1.54, 1.807) is 12.1 Å². The molecule has 5 nitrogen and oxygen atoms in total. The van der Waals surface area contributed by atoms with Gasteiger partial charge in [0.15, 0.2) is 0 Å². The third-order valence-electron chi connectivity index (χ3n) is 1.94. The molecule has 1 aromatic rings. The van der Waals surface area contributed by atoms with Crippen molar-refractivity contribution in [2.75, 3.05) is 6.54 Å². The van der Waals surface area contributed by atoms with Crippen molar-refractivity contribution in [3.63, 3.8) is 0 Å². The second-order valence-corrected chi connectivity index (χ2v) is 3.07. The van der Waals surface area contributed by atoms with Gasteiger partial charge in [0, 0.05) is 17.7 Å². The number of ether oxygens (including phenoxy) is 1. The van der Waals surface area contributed by atoms with E-state index in [1.807, 2.05) is 0 Å². The first-order valence-electron chi connectivity index (χ1n) is 4.32. The van der Waals surface area contributed by atoms with Gasteiger partial charge in [0.05, 0.1) is 4.92 Å². The maximum absolute atomic E-state index is 10.5. The number of nitro benzene ring substituents is 1. The zero-order valence-corrected chi connectivity index (χ0v) is 7.84. The van der Waals surface area contributed by atoms with Crippen molar-refractivity contribution in [2.45, 2.75) is 0 Å². The Balaban J connectivity index is 2.33. The Morgan fingerprint density at radius 3 is 2.93 bits per heavy atom. The number of non-ortho nitro benzene ring substituents is 1. The molecule has 5 heteroatoms. The van der Waals surface area contributed by atoms with Crippen molar-refractivity contribution in [1.82, 2.24) is 0 Å². The number of nitrogens with zero attached hydrogens (tertiary/aromatic N) is 2. The summed E-state index contributed by atoms with van der Waals surface area (Å²) in [4.78, 5) is 14.1. The van der Waals surface area contributed by atoms with Gasteiger partial charge in [-0.15, -0.1) is 0 Å². The zero-order valence-electron chi connectivity index (χ0n) is 7.84. The van der Waals surface area contributed by atoms with E-state index in [9.17, 15) is 10.1 Å². The molecule has 0 unspecified atom stereocenters. The van der Waals surface area contributed by atoms with Crippen LogP contribution in [0.2, 0.25) is 0 Å². The minimum Gasteiger partial charge on any atom is -0.442 e. The lowest BCUT2D eigenvalue weighted by Gasteiger charge is -2.01. The van der Waals surface area contributed by atoms with Gasteiger partial charge in [-0.25, -0.2) is 4.99 Å². The third-order valence-corrected chi connectivity index (χ3v) is 1.94. The van der Waals surface area contributed by atoms with Gasteiger partial charge in [0.25, 0.3) is 5.69 Å². The summed E-state index contributed by atoms with van der Waals surface area (Å²) in [5, 5.41) is 10.5. The molecule has 0 atom stereocenters. The average Bonchev–Trinajstić information content (AvgIpc) is 2.65. The summed E-state index contributed by atoms with van der Waals surface area (Å²) < 4.78 is 5.22. The average molecular weight is 204 g/mol. The van der Waals surface area contributed by atoms with Crippen molar-refractivity contribution < 1.29 is 9.66 Å². The molecule has 76 valence electrons. The van der Waals surface area contributed by atoms with Crippen LogP contribution in [0.4, 0.5) is 5.69 Å². The van der Waals surface area contributed by atoms with Crippen molar-refractivity contribution in [3.05, 3.63) is 52.3 Å². The lowest BCUT2D eigenvalue weighted by molar-refractivity contribution is -0.384. The molecule has 0 bridgehead atoms. The molecule has 1 aromatic carbocycles. The van der Waals surface area contributed by atoms with Gasteiger partial charge in [0.1, 0.15) is 12.3 Å². The van der Waals surface area contributed by atoms with Gasteiger partial charge in [-0.05, 0) is 6.07 Å². The molecule has 0 amide bonds. The van der Waals surface area contributed by atoms with Crippen molar-refractivity contribution >= 4 is 11.6 Å². The minimum absolute atomic E-state index is 0.0244. The van der Waals surface area contributed by atoms with Crippen molar-refractivity contribution in [1.29, 1.82) is 0 Å². The number of hydrogen-bond donors (Lipinski definition) is 0. The Bertz CT molecular complexity index is 465. The molecular weight excluding hydrogens is 196 g/mol. The molecule has 15 heavy (non-hydrogen) atoms. The van der Waals surface area contributed by atoms with E-state index in [-0.39, 0.29) is 5.69 Å². The van der Waals surface area contributed by atoms with Crippen LogP contribution in [0.3, 0.4) is 0 Å². The standard InChI is InChI=1S/C10H8N2O3/c1-7-6-11-10(15-7)8-3-2-4-9(5-8)12(13)14/h2-5H,1,6H2. The van der Waals surface area contributed by atoms with E-state index >= 15 is 0 Å². The first-order chi connectivity index (χ1) is 7.16. The quantitative estimate of drug-likeness (QED) is 0.545. The molecule has 2 rings (SSSR count). The van der Waals surface area contributed by atoms with Crippen LogP contribution >= 0.6 is 0 Å². The van der Waals surface area contributed by atoms with E-state index in [0.29, 0.717) is 23.8 Å². The molecule has 0 N–H and O–H groups in total. The molecule has 0 radical (unpaired) electrons. The largest absolute Gasteiger partial charge is 0.442 e. The van der Waals surface area contributed by atoms with Crippen LogP contribution in [0.25, 0.3) is 0 Å². The first kappa shape index (κ1) is 9.39. The van der Waals surface area contributed by atoms with Gasteiger partial charge in [-0.2, -0.15) is 0 Å². The van der Waals surface area contributed by atoms with E-state index in [0.717, 1.165) is 0 Å². The van der Waals surface area contributed by atoms with E-state index in [2.05, 4.69) is 11.6 Å². The van der Waals surface area contributed by atoms with Gasteiger partial charge in [-0.1, -0.05) is 12.6 Å². The van der Waals surface area contributed by atoms with Crippen LogP contribution in [-0.4, -0.2) is 17.4 Å². The van der Waals surface area contributed by atoms with E-state index in [1.165, 1.54) is 12.1 Å². The van der Waals surface area contributed by atoms with Crippen LogP contribution in [-0.2, 0) is 4.74 Å². The van der Waals surface area contributed by atoms with Crippen LogP contribution in [0.1, 0.15) is 5.56 Å². The Hall–Kier alpha value is -2.17. The second kappa shape index (κ2) is 3.53. The molecule has 0 spiro atoms. The Morgan fingerprint density at radius 2 is 2.33 bits per heavy atom. The molecule has 0 aliphatic carbocycles. The molecule has 0 fully saturated rings. The van der Waals surface area contributed by atoms with Crippen LogP contribution < -0.4 is 0 Å². The van der Waals surface area contributed by atoms with Crippen LogP contribution in [0, 0.1) is 10.1 Å². The smallest absolute Gasteiger partial charge is 0.270 e.